The maximum Gasteiger partial charge on any atom is 0.234 e. The SMILES string of the molecule is CCNC(=NCCc1ccc(C)cc1)N1CCN(CC(=O)NCCOC)CC1. The number of aliphatic imine (C=N–C) groups is 1. The summed E-state index contributed by atoms with van der Waals surface area (Å²) in [5, 5.41) is 6.28. The molecule has 0 aromatic heterocycles. The van der Waals surface area contributed by atoms with E-state index in [9.17, 15) is 4.79 Å². The normalized spacial score (nSPS) is 15.5. The molecule has 28 heavy (non-hydrogen) atoms. The molecule has 0 spiro atoms. The van der Waals surface area contributed by atoms with Gasteiger partial charge in [0.15, 0.2) is 5.96 Å². The van der Waals surface area contributed by atoms with Crippen molar-refractivity contribution < 1.29 is 9.53 Å². The van der Waals surface area contributed by atoms with Crippen LogP contribution in [0.15, 0.2) is 29.3 Å². The van der Waals surface area contributed by atoms with E-state index in [0.29, 0.717) is 19.7 Å². The number of guanidine groups is 1. The number of ether oxygens (including phenoxy) is 1. The number of piperazine rings is 1. The lowest BCUT2D eigenvalue weighted by molar-refractivity contribution is -0.122. The minimum atomic E-state index is 0.0594. The van der Waals surface area contributed by atoms with Crippen molar-refractivity contribution >= 4 is 11.9 Å². The minimum absolute atomic E-state index is 0.0594. The van der Waals surface area contributed by atoms with Crippen LogP contribution in [0.4, 0.5) is 0 Å². The summed E-state index contributed by atoms with van der Waals surface area (Å²) in [7, 11) is 1.63. The fourth-order valence-corrected chi connectivity index (χ4v) is 3.14. The Morgan fingerprint density at radius 1 is 1.14 bits per heavy atom. The molecule has 0 atom stereocenters. The number of hydrogen-bond donors (Lipinski definition) is 2. The molecule has 1 aliphatic rings. The van der Waals surface area contributed by atoms with Crippen LogP contribution >= 0.6 is 0 Å². The predicted molar refractivity (Wildman–Crippen MR) is 114 cm³/mol. The zero-order valence-corrected chi connectivity index (χ0v) is 17.5. The molecule has 0 radical (unpaired) electrons. The van der Waals surface area contributed by atoms with E-state index < -0.39 is 0 Å². The van der Waals surface area contributed by atoms with Gasteiger partial charge in [-0.3, -0.25) is 14.7 Å². The van der Waals surface area contributed by atoms with Crippen LogP contribution in [0, 0.1) is 6.92 Å². The van der Waals surface area contributed by atoms with Gasteiger partial charge in [0.05, 0.1) is 13.2 Å². The molecule has 7 nitrogen and oxygen atoms in total. The maximum absolute atomic E-state index is 11.9. The second-order valence-electron chi connectivity index (χ2n) is 7.08. The molecule has 1 aromatic rings. The van der Waals surface area contributed by atoms with E-state index >= 15 is 0 Å². The molecule has 2 N–H and O–H groups in total. The molecule has 0 unspecified atom stereocenters. The van der Waals surface area contributed by atoms with Crippen molar-refractivity contribution in [2.75, 3.05) is 66.1 Å². The number of carbonyl (C=O) groups is 1. The van der Waals surface area contributed by atoms with Gasteiger partial charge in [-0.05, 0) is 25.8 Å². The largest absolute Gasteiger partial charge is 0.383 e. The van der Waals surface area contributed by atoms with Gasteiger partial charge in [0, 0.05) is 52.9 Å². The quantitative estimate of drug-likeness (QED) is 0.373. The first kappa shape index (κ1) is 22.2. The lowest BCUT2D eigenvalue weighted by Crippen LogP contribution is -2.54. The van der Waals surface area contributed by atoms with Crippen molar-refractivity contribution in [3.8, 4) is 0 Å². The van der Waals surface area contributed by atoms with Crippen LogP contribution in [-0.2, 0) is 16.0 Å². The molecule has 7 heteroatoms. The van der Waals surface area contributed by atoms with E-state index in [2.05, 4.69) is 58.5 Å². The van der Waals surface area contributed by atoms with Gasteiger partial charge in [0.1, 0.15) is 0 Å². The van der Waals surface area contributed by atoms with Crippen molar-refractivity contribution in [3.05, 3.63) is 35.4 Å². The number of nitrogens with one attached hydrogen (secondary N) is 2. The van der Waals surface area contributed by atoms with Gasteiger partial charge in [0.25, 0.3) is 0 Å². The third-order valence-electron chi connectivity index (χ3n) is 4.78. The topological polar surface area (TPSA) is 69.2 Å². The highest BCUT2D eigenvalue weighted by Gasteiger charge is 2.20. The van der Waals surface area contributed by atoms with Crippen molar-refractivity contribution in [1.82, 2.24) is 20.4 Å². The molecule has 0 bridgehead atoms. The lowest BCUT2D eigenvalue weighted by atomic mass is 10.1. The zero-order chi connectivity index (χ0) is 20.2. The first-order valence-electron chi connectivity index (χ1n) is 10.2. The number of methoxy groups -OCH3 is 1. The molecule has 1 amide bonds. The van der Waals surface area contributed by atoms with Gasteiger partial charge >= 0.3 is 0 Å². The van der Waals surface area contributed by atoms with Gasteiger partial charge in [-0.25, -0.2) is 0 Å². The molecule has 0 aliphatic carbocycles. The van der Waals surface area contributed by atoms with Gasteiger partial charge in [-0.2, -0.15) is 0 Å². The Morgan fingerprint density at radius 3 is 2.50 bits per heavy atom. The molecule has 156 valence electrons. The molecule has 2 rings (SSSR count). The summed E-state index contributed by atoms with van der Waals surface area (Å²) in [6, 6.07) is 8.65. The van der Waals surface area contributed by atoms with E-state index in [1.54, 1.807) is 7.11 Å². The van der Waals surface area contributed by atoms with Gasteiger partial charge in [-0.15, -0.1) is 0 Å². The van der Waals surface area contributed by atoms with E-state index in [-0.39, 0.29) is 5.91 Å². The Labute approximate surface area is 169 Å². The zero-order valence-electron chi connectivity index (χ0n) is 17.5. The second-order valence-corrected chi connectivity index (χ2v) is 7.08. The summed E-state index contributed by atoms with van der Waals surface area (Å²) < 4.78 is 4.96. The maximum atomic E-state index is 11.9. The smallest absolute Gasteiger partial charge is 0.234 e. The number of nitrogens with zero attached hydrogens (tertiary/aromatic N) is 3. The Balaban J connectivity index is 1.78. The van der Waals surface area contributed by atoms with Gasteiger partial charge in [-0.1, -0.05) is 29.8 Å². The molecular weight excluding hydrogens is 354 g/mol. The fourth-order valence-electron chi connectivity index (χ4n) is 3.14. The van der Waals surface area contributed by atoms with Crippen LogP contribution in [0.25, 0.3) is 0 Å². The third kappa shape index (κ3) is 7.86. The molecule has 1 heterocycles. The number of rotatable bonds is 9. The number of benzene rings is 1. The summed E-state index contributed by atoms with van der Waals surface area (Å²) in [5.41, 5.74) is 2.60. The van der Waals surface area contributed by atoms with Crippen LogP contribution in [0.1, 0.15) is 18.1 Å². The van der Waals surface area contributed by atoms with Crippen LogP contribution in [-0.4, -0.2) is 87.7 Å². The summed E-state index contributed by atoms with van der Waals surface area (Å²) >= 11 is 0. The Morgan fingerprint density at radius 2 is 1.86 bits per heavy atom. The predicted octanol–water partition coefficient (Wildman–Crippen LogP) is 0.883. The Kier molecular flexibility index (Phi) is 9.79. The van der Waals surface area contributed by atoms with Crippen molar-refractivity contribution in [1.29, 1.82) is 0 Å². The molecule has 1 aliphatic heterocycles. The highest BCUT2D eigenvalue weighted by molar-refractivity contribution is 5.80. The van der Waals surface area contributed by atoms with E-state index in [1.165, 1.54) is 11.1 Å². The van der Waals surface area contributed by atoms with Crippen LogP contribution < -0.4 is 10.6 Å². The molecule has 1 fully saturated rings. The highest BCUT2D eigenvalue weighted by atomic mass is 16.5. The molecular formula is C21H35N5O2. The Hall–Kier alpha value is -2.12. The van der Waals surface area contributed by atoms with E-state index in [4.69, 9.17) is 9.73 Å². The molecule has 1 saturated heterocycles. The average Bonchev–Trinajstić information content (AvgIpc) is 2.70. The number of hydrogen-bond acceptors (Lipinski definition) is 4. The summed E-state index contributed by atoms with van der Waals surface area (Å²) in [6.45, 7) is 10.9. The Bertz CT molecular complexity index is 610. The summed E-state index contributed by atoms with van der Waals surface area (Å²) in [4.78, 5) is 21.2. The first-order valence-corrected chi connectivity index (χ1v) is 10.2. The fraction of sp³-hybridized carbons (Fsp3) is 0.619. The number of amides is 1. The van der Waals surface area contributed by atoms with E-state index in [1.807, 2.05) is 0 Å². The van der Waals surface area contributed by atoms with Crippen LogP contribution in [0.5, 0.6) is 0 Å². The monoisotopic (exact) mass is 389 g/mol. The summed E-state index contributed by atoms with van der Waals surface area (Å²) in [5.74, 6) is 1.03. The standard InChI is InChI=1S/C21H35N5O2/c1-4-22-21(24-10-9-19-7-5-18(2)6-8-19)26-14-12-25(13-15-26)17-20(27)23-11-16-28-3/h5-8H,4,9-17H2,1-3H3,(H,22,24)(H,23,27). The minimum Gasteiger partial charge on any atom is -0.383 e. The third-order valence-corrected chi connectivity index (χ3v) is 4.78. The number of carbonyl (C=O) groups excluding carboxylic acids is 1. The lowest BCUT2D eigenvalue weighted by Gasteiger charge is -2.36. The van der Waals surface area contributed by atoms with E-state index in [0.717, 1.165) is 51.6 Å². The van der Waals surface area contributed by atoms with Crippen molar-refractivity contribution in [2.45, 2.75) is 20.3 Å². The van der Waals surface area contributed by atoms with Gasteiger partial charge in [0.2, 0.25) is 5.91 Å². The molecule has 0 saturated carbocycles. The highest BCUT2D eigenvalue weighted by Crippen LogP contribution is 2.05. The second kappa shape index (κ2) is 12.4. The van der Waals surface area contributed by atoms with Gasteiger partial charge < -0.3 is 20.3 Å². The van der Waals surface area contributed by atoms with Crippen LogP contribution in [0.2, 0.25) is 0 Å². The average molecular weight is 390 g/mol. The first-order chi connectivity index (χ1) is 13.6. The number of aryl methyl sites for hydroxylation is 1. The molecule has 1 aromatic carbocycles. The van der Waals surface area contributed by atoms with Crippen molar-refractivity contribution in [2.24, 2.45) is 4.99 Å². The van der Waals surface area contributed by atoms with Crippen LogP contribution in [0.3, 0.4) is 0 Å². The van der Waals surface area contributed by atoms with Crippen molar-refractivity contribution in [3.63, 3.8) is 0 Å². The summed E-state index contributed by atoms with van der Waals surface area (Å²) in [6.07, 6.45) is 0.941.